The van der Waals surface area contributed by atoms with Gasteiger partial charge in [0.2, 0.25) is 0 Å². The average Bonchev–Trinajstić information content (AvgIpc) is 2.37. The lowest BCUT2D eigenvalue weighted by Gasteiger charge is -2.18. The Morgan fingerprint density at radius 2 is 1.78 bits per heavy atom. The van der Waals surface area contributed by atoms with Crippen molar-refractivity contribution in [1.82, 2.24) is 10.6 Å². The number of likely N-dealkylation sites (N-methyl/N-ethyl adjacent to an activating group) is 2. The highest BCUT2D eigenvalue weighted by molar-refractivity contribution is 5.89. The summed E-state index contributed by atoms with van der Waals surface area (Å²) in [5.74, 6) is -0.337. The number of hydrogen-bond donors (Lipinski definition) is 3. The third kappa shape index (κ3) is 4.73. The predicted molar refractivity (Wildman–Crippen MR) is 72.3 cm³/mol. The van der Waals surface area contributed by atoms with Gasteiger partial charge in [0, 0.05) is 5.69 Å². The Morgan fingerprint density at radius 1 is 1.22 bits per heavy atom. The molecule has 1 aromatic rings. The fourth-order valence-electron chi connectivity index (χ4n) is 1.54. The van der Waals surface area contributed by atoms with Gasteiger partial charge in [-0.3, -0.25) is 10.6 Å². The minimum atomic E-state index is -0.337. The number of nitrogens with two attached hydrogens (primary N) is 1. The van der Waals surface area contributed by atoms with Gasteiger partial charge in [-0.15, -0.1) is 0 Å². The van der Waals surface area contributed by atoms with Crippen LogP contribution in [-0.2, 0) is 4.74 Å². The van der Waals surface area contributed by atoms with Crippen molar-refractivity contribution in [3.63, 3.8) is 0 Å². The second-order valence-corrected chi connectivity index (χ2v) is 3.89. The summed E-state index contributed by atoms with van der Waals surface area (Å²) in [6.45, 7) is 5.94. The van der Waals surface area contributed by atoms with Gasteiger partial charge in [0.15, 0.2) is 0 Å². The first-order valence-electron chi connectivity index (χ1n) is 6.16. The normalized spacial score (nSPS) is 10.6. The van der Waals surface area contributed by atoms with Crippen LogP contribution in [0.1, 0.15) is 24.2 Å². The van der Waals surface area contributed by atoms with Gasteiger partial charge >= 0.3 is 5.97 Å². The standard InChI is InChI=1S/C13H21N3O2/c1-3-15-12(16-4-2)9-18-13(17)10-5-7-11(14)8-6-10/h5-8,12,15-16H,3-4,9,14H2,1-2H3. The molecule has 0 amide bonds. The van der Waals surface area contributed by atoms with Gasteiger partial charge in [0.25, 0.3) is 0 Å². The molecule has 0 saturated heterocycles. The first-order chi connectivity index (χ1) is 8.67. The van der Waals surface area contributed by atoms with E-state index in [2.05, 4.69) is 10.6 Å². The number of ether oxygens (including phenoxy) is 1. The van der Waals surface area contributed by atoms with Crippen LogP contribution in [0.25, 0.3) is 0 Å². The number of benzene rings is 1. The number of nitrogen functional groups attached to an aromatic ring is 1. The van der Waals surface area contributed by atoms with Gasteiger partial charge in [-0.05, 0) is 37.4 Å². The Hall–Kier alpha value is -1.59. The van der Waals surface area contributed by atoms with E-state index < -0.39 is 0 Å². The number of carbonyl (C=O) groups excluding carboxylic acids is 1. The third-order valence-electron chi connectivity index (χ3n) is 2.43. The summed E-state index contributed by atoms with van der Waals surface area (Å²) >= 11 is 0. The van der Waals surface area contributed by atoms with Crippen molar-refractivity contribution in [3.05, 3.63) is 29.8 Å². The Bertz CT molecular complexity index is 359. The van der Waals surface area contributed by atoms with Crippen LogP contribution in [0.4, 0.5) is 5.69 Å². The molecular formula is C13H21N3O2. The molecule has 0 aliphatic heterocycles. The molecule has 4 N–H and O–H groups in total. The third-order valence-corrected chi connectivity index (χ3v) is 2.43. The van der Waals surface area contributed by atoms with E-state index in [1.807, 2.05) is 13.8 Å². The molecule has 0 radical (unpaired) electrons. The molecule has 1 rings (SSSR count). The average molecular weight is 251 g/mol. The molecule has 0 aliphatic carbocycles. The van der Waals surface area contributed by atoms with E-state index in [1.165, 1.54) is 0 Å². The van der Waals surface area contributed by atoms with Gasteiger partial charge in [0.1, 0.15) is 6.61 Å². The van der Waals surface area contributed by atoms with Crippen LogP contribution in [0.3, 0.4) is 0 Å². The van der Waals surface area contributed by atoms with E-state index >= 15 is 0 Å². The lowest BCUT2D eigenvalue weighted by Crippen LogP contribution is -2.45. The van der Waals surface area contributed by atoms with Crippen LogP contribution in [0.5, 0.6) is 0 Å². The van der Waals surface area contributed by atoms with Gasteiger partial charge < -0.3 is 10.5 Å². The Balaban J connectivity index is 2.46. The second kappa shape index (κ2) is 7.68. The van der Waals surface area contributed by atoms with Crippen molar-refractivity contribution in [1.29, 1.82) is 0 Å². The van der Waals surface area contributed by atoms with Crippen molar-refractivity contribution >= 4 is 11.7 Å². The highest BCUT2D eigenvalue weighted by Gasteiger charge is 2.11. The maximum Gasteiger partial charge on any atom is 0.338 e. The summed E-state index contributed by atoms with van der Waals surface area (Å²) in [6.07, 6.45) is -0.0160. The maximum atomic E-state index is 11.8. The van der Waals surface area contributed by atoms with Crippen molar-refractivity contribution < 1.29 is 9.53 Å². The zero-order valence-electron chi connectivity index (χ0n) is 10.9. The van der Waals surface area contributed by atoms with E-state index in [4.69, 9.17) is 10.5 Å². The van der Waals surface area contributed by atoms with E-state index in [9.17, 15) is 4.79 Å². The molecule has 0 saturated carbocycles. The number of carbonyl (C=O) groups is 1. The fourth-order valence-corrected chi connectivity index (χ4v) is 1.54. The molecule has 0 unspecified atom stereocenters. The highest BCUT2D eigenvalue weighted by atomic mass is 16.5. The zero-order valence-corrected chi connectivity index (χ0v) is 10.9. The van der Waals surface area contributed by atoms with Crippen LogP contribution in [-0.4, -0.2) is 31.8 Å². The first kappa shape index (κ1) is 14.5. The van der Waals surface area contributed by atoms with Crippen molar-refractivity contribution in [2.24, 2.45) is 0 Å². The SMILES string of the molecule is CCNC(COC(=O)c1ccc(N)cc1)NCC. The van der Waals surface area contributed by atoms with Crippen LogP contribution in [0.2, 0.25) is 0 Å². The summed E-state index contributed by atoms with van der Waals surface area (Å²) in [7, 11) is 0. The zero-order chi connectivity index (χ0) is 13.4. The minimum absolute atomic E-state index is 0.0160. The minimum Gasteiger partial charge on any atom is -0.459 e. The summed E-state index contributed by atoms with van der Waals surface area (Å²) < 4.78 is 5.23. The number of hydrogen-bond acceptors (Lipinski definition) is 5. The van der Waals surface area contributed by atoms with Gasteiger partial charge in [-0.1, -0.05) is 13.8 Å². The summed E-state index contributed by atoms with van der Waals surface area (Å²) in [5.41, 5.74) is 6.70. The molecule has 0 aliphatic rings. The molecule has 18 heavy (non-hydrogen) atoms. The molecule has 5 heteroatoms. The Morgan fingerprint density at radius 3 is 2.28 bits per heavy atom. The molecule has 5 nitrogen and oxygen atoms in total. The molecule has 1 aromatic carbocycles. The summed E-state index contributed by atoms with van der Waals surface area (Å²) in [5, 5.41) is 6.38. The topological polar surface area (TPSA) is 76.4 Å². The fraction of sp³-hybridized carbons (Fsp3) is 0.462. The molecule has 0 fully saturated rings. The molecular weight excluding hydrogens is 230 g/mol. The van der Waals surface area contributed by atoms with Crippen LogP contribution in [0.15, 0.2) is 24.3 Å². The van der Waals surface area contributed by atoms with Gasteiger partial charge in [-0.25, -0.2) is 4.79 Å². The van der Waals surface area contributed by atoms with E-state index in [0.29, 0.717) is 17.9 Å². The monoisotopic (exact) mass is 251 g/mol. The van der Waals surface area contributed by atoms with Crippen LogP contribution >= 0.6 is 0 Å². The van der Waals surface area contributed by atoms with Crippen molar-refractivity contribution in [3.8, 4) is 0 Å². The summed E-state index contributed by atoms with van der Waals surface area (Å²) in [6, 6.07) is 6.69. The molecule has 0 heterocycles. The number of esters is 1. The van der Waals surface area contributed by atoms with Crippen LogP contribution < -0.4 is 16.4 Å². The largest absolute Gasteiger partial charge is 0.459 e. The lowest BCUT2D eigenvalue weighted by atomic mass is 10.2. The molecule has 0 aromatic heterocycles. The maximum absolute atomic E-state index is 11.8. The van der Waals surface area contributed by atoms with Crippen molar-refractivity contribution in [2.45, 2.75) is 20.0 Å². The molecule has 0 atom stereocenters. The van der Waals surface area contributed by atoms with E-state index in [0.717, 1.165) is 13.1 Å². The quantitative estimate of drug-likeness (QED) is 0.382. The molecule has 0 spiro atoms. The van der Waals surface area contributed by atoms with Crippen molar-refractivity contribution in [2.75, 3.05) is 25.4 Å². The second-order valence-electron chi connectivity index (χ2n) is 3.89. The van der Waals surface area contributed by atoms with Gasteiger partial charge in [-0.2, -0.15) is 0 Å². The van der Waals surface area contributed by atoms with E-state index in [-0.39, 0.29) is 12.1 Å². The predicted octanol–water partition coefficient (Wildman–Crippen LogP) is 0.971. The van der Waals surface area contributed by atoms with Crippen LogP contribution in [0, 0.1) is 0 Å². The highest BCUT2D eigenvalue weighted by Crippen LogP contribution is 2.06. The smallest absolute Gasteiger partial charge is 0.338 e. The number of anilines is 1. The first-order valence-corrected chi connectivity index (χ1v) is 6.16. The van der Waals surface area contributed by atoms with Gasteiger partial charge in [0.05, 0.1) is 11.7 Å². The molecule has 0 bridgehead atoms. The Kier molecular flexibility index (Phi) is 6.18. The lowest BCUT2D eigenvalue weighted by molar-refractivity contribution is 0.0448. The van der Waals surface area contributed by atoms with E-state index in [1.54, 1.807) is 24.3 Å². The number of rotatable bonds is 7. The summed E-state index contributed by atoms with van der Waals surface area (Å²) in [4.78, 5) is 11.8. The molecule has 100 valence electrons. The number of nitrogens with one attached hydrogen (secondary N) is 2. The Labute approximate surface area is 108 Å².